The van der Waals surface area contributed by atoms with E-state index in [-0.39, 0.29) is 34.2 Å². The molecule has 0 aromatic carbocycles. The Morgan fingerprint density at radius 2 is 2.21 bits per heavy atom. The molecule has 0 spiro atoms. The van der Waals surface area contributed by atoms with Crippen LogP contribution >= 0.6 is 35.1 Å². The smallest absolute Gasteiger partial charge is 0.352 e. The van der Waals surface area contributed by atoms with Gasteiger partial charge in [-0.05, 0) is 42.0 Å². The molecule has 5 rings (SSSR count). The second-order valence-corrected chi connectivity index (χ2v) is 11.0. The number of tetrazole rings is 1. The Balaban J connectivity index is 1.31. The highest BCUT2D eigenvalue weighted by atomic mass is 32.2. The summed E-state index contributed by atoms with van der Waals surface area (Å²) in [5.74, 6) is -1.95. The molecule has 2 amide bonds. The summed E-state index contributed by atoms with van der Waals surface area (Å²) in [6, 6.07) is 2.45. The van der Waals surface area contributed by atoms with Crippen LogP contribution in [0.2, 0.25) is 0 Å². The standard InChI is InChI=1S/C19H19N11O5S3/c1-7(2)35-25-11(14-22-19(20)38-26-14)15(31)21-12-16(32)29-13(18(33)34)8(6-37-17(12)29)5-36-10-4-3-9-23-27-28-30(9)24-10/h3-4,7,12,17H,5-6H2,1-2H3,(H,21,31)(H,33,34)(H2,20,22,26)/t12?,17-/m0/s1. The Morgan fingerprint density at radius 1 is 1.39 bits per heavy atom. The molecule has 3 aromatic rings. The van der Waals surface area contributed by atoms with Gasteiger partial charge in [0.15, 0.2) is 10.8 Å². The number of carbonyl (C=O) groups is 3. The number of carbonyl (C=O) groups excluding carboxylic acids is 2. The van der Waals surface area contributed by atoms with Crippen LogP contribution in [0.5, 0.6) is 0 Å². The molecule has 4 N–H and O–H groups in total. The maximum atomic E-state index is 13.0. The lowest BCUT2D eigenvalue weighted by Crippen LogP contribution is -2.71. The highest BCUT2D eigenvalue weighted by molar-refractivity contribution is 8.01. The van der Waals surface area contributed by atoms with Crippen LogP contribution in [0, 0.1) is 0 Å². The SMILES string of the molecule is CC(C)ON=C(C(=O)NC1C(=O)N2C(C(=O)O)=C(CSc3ccc4nnnn4n3)CS[C@@H]12)c1nsc(N)n1. The molecule has 0 aliphatic carbocycles. The average Bonchev–Trinajstić information content (AvgIpc) is 3.53. The quantitative estimate of drug-likeness (QED) is 0.128. The number of nitrogens with one attached hydrogen (secondary N) is 1. The van der Waals surface area contributed by atoms with Crippen LogP contribution in [-0.4, -0.2) is 97.1 Å². The number of aliphatic carboxylic acids is 1. The number of nitrogens with zero attached hydrogens (tertiary/aromatic N) is 9. The first kappa shape index (κ1) is 25.8. The number of oxime groups is 1. The molecule has 2 aliphatic heterocycles. The Morgan fingerprint density at radius 3 is 2.92 bits per heavy atom. The summed E-state index contributed by atoms with van der Waals surface area (Å²) in [5.41, 5.74) is 6.32. The maximum Gasteiger partial charge on any atom is 0.352 e. The summed E-state index contributed by atoms with van der Waals surface area (Å²) in [7, 11) is 0. The fourth-order valence-corrected chi connectivity index (χ4v) is 6.32. The van der Waals surface area contributed by atoms with Gasteiger partial charge in [0.25, 0.3) is 11.8 Å². The molecule has 3 aromatic heterocycles. The predicted molar refractivity (Wildman–Crippen MR) is 136 cm³/mol. The Bertz CT molecular complexity index is 1490. The number of β-lactam (4-membered cyclic amide) rings is 1. The van der Waals surface area contributed by atoms with E-state index < -0.39 is 29.2 Å². The zero-order chi connectivity index (χ0) is 27.0. The molecule has 1 fully saturated rings. The molecule has 38 heavy (non-hydrogen) atoms. The molecule has 5 heterocycles. The van der Waals surface area contributed by atoms with Gasteiger partial charge in [-0.3, -0.25) is 14.5 Å². The normalized spacial score (nSPS) is 19.5. The Labute approximate surface area is 226 Å². The number of nitrogen functional groups attached to an aromatic ring is 1. The number of hydrogen-bond acceptors (Lipinski definition) is 15. The van der Waals surface area contributed by atoms with Gasteiger partial charge in [0.05, 0.1) is 0 Å². The molecular formula is C19H19N11O5S3. The van der Waals surface area contributed by atoms with Crippen LogP contribution in [0.4, 0.5) is 5.13 Å². The second-order valence-electron chi connectivity index (χ2n) is 8.16. The number of fused-ring (bicyclic) bond motifs is 2. The summed E-state index contributed by atoms with van der Waals surface area (Å²) in [5, 5.41) is 31.8. The average molecular weight is 578 g/mol. The molecule has 1 saturated heterocycles. The van der Waals surface area contributed by atoms with Crippen molar-refractivity contribution in [3.05, 3.63) is 29.2 Å². The highest BCUT2D eigenvalue weighted by Gasteiger charge is 2.54. The largest absolute Gasteiger partial charge is 0.477 e. The van der Waals surface area contributed by atoms with Gasteiger partial charge in [0, 0.05) is 23.0 Å². The van der Waals surface area contributed by atoms with Crippen molar-refractivity contribution in [1.82, 2.24) is 44.8 Å². The first-order valence-corrected chi connectivity index (χ1v) is 13.8. The van der Waals surface area contributed by atoms with E-state index in [2.05, 4.69) is 40.5 Å². The summed E-state index contributed by atoms with van der Waals surface area (Å²) < 4.78 is 5.27. The van der Waals surface area contributed by atoms with Crippen LogP contribution in [0.15, 0.2) is 33.6 Å². The number of aromatic nitrogens is 7. The van der Waals surface area contributed by atoms with E-state index >= 15 is 0 Å². The number of thioether (sulfide) groups is 2. The van der Waals surface area contributed by atoms with Gasteiger partial charge < -0.3 is 21.0 Å². The first-order valence-electron chi connectivity index (χ1n) is 11.0. The number of carboxylic acids is 1. The third-order valence-electron chi connectivity index (χ3n) is 5.20. The van der Waals surface area contributed by atoms with Gasteiger partial charge in [-0.2, -0.15) is 9.36 Å². The van der Waals surface area contributed by atoms with Crippen molar-refractivity contribution >= 4 is 69.3 Å². The Kier molecular flexibility index (Phi) is 7.13. The van der Waals surface area contributed by atoms with Gasteiger partial charge >= 0.3 is 5.97 Å². The molecule has 0 saturated carbocycles. The van der Waals surface area contributed by atoms with E-state index in [9.17, 15) is 19.5 Å². The van der Waals surface area contributed by atoms with Gasteiger partial charge in [0.1, 0.15) is 28.2 Å². The van der Waals surface area contributed by atoms with Gasteiger partial charge in [-0.25, -0.2) is 4.79 Å². The van der Waals surface area contributed by atoms with Crippen molar-refractivity contribution in [3.63, 3.8) is 0 Å². The minimum absolute atomic E-state index is 0.0375. The fraction of sp³-hybridized carbons (Fsp3) is 0.368. The van der Waals surface area contributed by atoms with E-state index in [0.29, 0.717) is 22.0 Å². The van der Waals surface area contributed by atoms with Gasteiger partial charge in [0.2, 0.25) is 11.5 Å². The van der Waals surface area contributed by atoms with Crippen LogP contribution in [-0.2, 0) is 19.2 Å². The molecule has 0 radical (unpaired) electrons. The summed E-state index contributed by atoms with van der Waals surface area (Å²) in [6.07, 6.45) is -0.326. The zero-order valence-electron chi connectivity index (χ0n) is 19.7. The van der Waals surface area contributed by atoms with E-state index in [4.69, 9.17) is 10.6 Å². The number of anilines is 1. The van der Waals surface area contributed by atoms with E-state index in [0.717, 1.165) is 11.5 Å². The van der Waals surface area contributed by atoms with E-state index in [1.54, 1.807) is 26.0 Å². The van der Waals surface area contributed by atoms with Crippen LogP contribution < -0.4 is 11.1 Å². The first-order chi connectivity index (χ1) is 18.2. The molecular weight excluding hydrogens is 558 g/mol. The topological polar surface area (TPSA) is 216 Å². The molecule has 198 valence electrons. The van der Waals surface area contributed by atoms with Crippen LogP contribution in [0.25, 0.3) is 5.65 Å². The van der Waals surface area contributed by atoms with E-state index in [1.165, 1.54) is 33.1 Å². The lowest BCUT2D eigenvalue weighted by molar-refractivity contribution is -0.150. The number of amides is 2. The van der Waals surface area contributed by atoms with Gasteiger partial charge in [-0.1, -0.05) is 5.16 Å². The molecule has 1 unspecified atom stereocenters. The van der Waals surface area contributed by atoms with Crippen molar-refractivity contribution in [2.24, 2.45) is 5.16 Å². The van der Waals surface area contributed by atoms with Crippen molar-refractivity contribution in [2.45, 2.75) is 36.4 Å². The molecule has 16 nitrogen and oxygen atoms in total. The monoisotopic (exact) mass is 577 g/mol. The zero-order valence-corrected chi connectivity index (χ0v) is 22.2. The Hall–Kier alpha value is -3.84. The van der Waals surface area contributed by atoms with Crippen LogP contribution in [0.3, 0.4) is 0 Å². The van der Waals surface area contributed by atoms with Crippen molar-refractivity contribution in [2.75, 3.05) is 17.2 Å². The third-order valence-corrected chi connectivity index (χ3v) is 8.09. The summed E-state index contributed by atoms with van der Waals surface area (Å²) in [6.45, 7) is 3.45. The van der Waals surface area contributed by atoms with Gasteiger partial charge in [-0.15, -0.1) is 38.4 Å². The van der Waals surface area contributed by atoms with Crippen molar-refractivity contribution in [1.29, 1.82) is 0 Å². The minimum Gasteiger partial charge on any atom is -0.477 e. The summed E-state index contributed by atoms with van der Waals surface area (Å²) in [4.78, 5) is 48.6. The summed E-state index contributed by atoms with van der Waals surface area (Å²) >= 11 is 3.52. The molecule has 2 aliphatic rings. The van der Waals surface area contributed by atoms with Crippen molar-refractivity contribution in [3.8, 4) is 0 Å². The molecule has 0 bridgehead atoms. The van der Waals surface area contributed by atoms with Crippen LogP contribution in [0.1, 0.15) is 19.7 Å². The second kappa shape index (κ2) is 10.5. The third kappa shape index (κ3) is 4.98. The predicted octanol–water partition coefficient (Wildman–Crippen LogP) is -0.387. The molecule has 2 atom stereocenters. The lowest BCUT2D eigenvalue weighted by Gasteiger charge is -2.49. The minimum atomic E-state index is -1.23. The van der Waals surface area contributed by atoms with E-state index in [1.807, 2.05) is 0 Å². The molecule has 19 heteroatoms. The lowest BCUT2D eigenvalue weighted by atomic mass is 10.0. The number of hydrogen-bond donors (Lipinski definition) is 3. The fourth-order valence-electron chi connectivity index (χ4n) is 3.55. The number of nitrogens with two attached hydrogens (primary N) is 1. The number of carboxylic acid groups (broad SMARTS) is 1. The number of rotatable bonds is 9. The highest BCUT2D eigenvalue weighted by Crippen LogP contribution is 2.41. The van der Waals surface area contributed by atoms with Crippen molar-refractivity contribution < 1.29 is 24.3 Å². The maximum absolute atomic E-state index is 13.0.